The van der Waals surface area contributed by atoms with Crippen LogP contribution in [0, 0.1) is 0 Å². The molecule has 0 saturated heterocycles. The fourth-order valence-corrected chi connectivity index (χ4v) is 3.07. The molecule has 0 aromatic carbocycles. The molecule has 0 radical (unpaired) electrons. The Morgan fingerprint density at radius 1 is 1.14 bits per heavy atom. The summed E-state index contributed by atoms with van der Waals surface area (Å²) >= 11 is 0. The molecule has 1 aliphatic rings. The van der Waals surface area contributed by atoms with Crippen LogP contribution in [0.1, 0.15) is 66.1 Å². The van der Waals surface area contributed by atoms with Crippen LogP contribution in [0.3, 0.4) is 0 Å². The van der Waals surface area contributed by atoms with E-state index >= 15 is 0 Å². The van der Waals surface area contributed by atoms with Crippen molar-refractivity contribution in [1.29, 1.82) is 0 Å². The molecule has 1 aromatic rings. The summed E-state index contributed by atoms with van der Waals surface area (Å²) in [5.41, 5.74) is -0.622. The quantitative estimate of drug-likeness (QED) is 0.751. The van der Waals surface area contributed by atoms with E-state index in [2.05, 4.69) is 10.4 Å². The van der Waals surface area contributed by atoms with Gasteiger partial charge in [-0.2, -0.15) is 4.68 Å². The summed E-state index contributed by atoms with van der Waals surface area (Å²) in [6, 6.07) is 0. The SMILES string of the molecule is CCCOC(=O)n1nc(NC(=O)OCC)c2c1C(C)(C)N(C(=O)OC(C)(C)C)C2. The Labute approximate surface area is 170 Å². The number of rotatable bonds is 4. The average molecular weight is 410 g/mol. The van der Waals surface area contributed by atoms with Gasteiger partial charge >= 0.3 is 18.3 Å². The molecular weight excluding hydrogens is 380 g/mol. The first kappa shape index (κ1) is 22.5. The maximum absolute atomic E-state index is 12.8. The number of hydrogen-bond donors (Lipinski definition) is 1. The second-order valence-electron chi connectivity index (χ2n) is 8.17. The van der Waals surface area contributed by atoms with E-state index in [1.807, 2.05) is 6.92 Å². The summed E-state index contributed by atoms with van der Waals surface area (Å²) < 4.78 is 16.7. The van der Waals surface area contributed by atoms with Gasteiger partial charge in [0.25, 0.3) is 0 Å². The number of ether oxygens (including phenoxy) is 3. The number of hydrogen-bond acceptors (Lipinski definition) is 7. The molecular formula is C19H30N4O6. The van der Waals surface area contributed by atoms with Crippen LogP contribution in [0.15, 0.2) is 0 Å². The van der Waals surface area contributed by atoms with Crippen LogP contribution in [-0.4, -0.2) is 51.8 Å². The molecule has 0 atom stereocenters. The van der Waals surface area contributed by atoms with Gasteiger partial charge in [-0.15, -0.1) is 5.10 Å². The van der Waals surface area contributed by atoms with E-state index in [-0.39, 0.29) is 25.6 Å². The van der Waals surface area contributed by atoms with Gasteiger partial charge in [0.15, 0.2) is 5.82 Å². The largest absolute Gasteiger partial charge is 0.450 e. The second kappa shape index (κ2) is 8.30. The molecule has 0 spiro atoms. The molecule has 2 rings (SSSR count). The molecule has 0 bridgehead atoms. The van der Waals surface area contributed by atoms with Crippen molar-refractivity contribution in [2.24, 2.45) is 0 Å². The molecule has 1 N–H and O–H groups in total. The van der Waals surface area contributed by atoms with Crippen molar-refractivity contribution in [3.05, 3.63) is 11.3 Å². The minimum Gasteiger partial charge on any atom is -0.450 e. The number of aromatic nitrogens is 2. The molecule has 29 heavy (non-hydrogen) atoms. The molecule has 0 unspecified atom stereocenters. The van der Waals surface area contributed by atoms with Crippen molar-refractivity contribution >= 4 is 24.1 Å². The molecule has 0 saturated carbocycles. The Morgan fingerprint density at radius 3 is 2.34 bits per heavy atom. The van der Waals surface area contributed by atoms with Crippen LogP contribution < -0.4 is 5.32 Å². The number of carbonyl (C=O) groups is 3. The fourth-order valence-electron chi connectivity index (χ4n) is 3.07. The maximum Gasteiger partial charge on any atom is 0.435 e. The number of fused-ring (bicyclic) bond motifs is 1. The normalized spacial score (nSPS) is 14.9. The van der Waals surface area contributed by atoms with Gasteiger partial charge in [-0.25, -0.2) is 14.4 Å². The summed E-state index contributed by atoms with van der Waals surface area (Å²) in [5, 5.41) is 6.76. The summed E-state index contributed by atoms with van der Waals surface area (Å²) in [7, 11) is 0. The van der Waals surface area contributed by atoms with E-state index in [1.54, 1.807) is 41.5 Å². The molecule has 1 aromatic heterocycles. The smallest absolute Gasteiger partial charge is 0.435 e. The molecule has 162 valence electrons. The predicted molar refractivity (Wildman–Crippen MR) is 105 cm³/mol. The number of nitrogens with zero attached hydrogens (tertiary/aromatic N) is 3. The van der Waals surface area contributed by atoms with Crippen molar-refractivity contribution in [1.82, 2.24) is 14.7 Å². The maximum atomic E-state index is 12.8. The van der Waals surface area contributed by atoms with Gasteiger partial charge in [0.1, 0.15) is 5.60 Å². The standard InChI is InChI=1S/C19H30N4O6/c1-8-10-28-17(26)23-13-12(14(21-23)20-15(24)27-9-2)11-22(19(13,6)7)16(25)29-18(3,4)5/h8-11H2,1-7H3,(H,20,21,24). The molecule has 1 aliphatic heterocycles. The highest BCUT2D eigenvalue weighted by Crippen LogP contribution is 2.42. The predicted octanol–water partition coefficient (Wildman–Crippen LogP) is 3.83. The van der Waals surface area contributed by atoms with Crippen LogP contribution in [0.25, 0.3) is 0 Å². The Kier molecular flexibility index (Phi) is 6.44. The number of amides is 2. The topological polar surface area (TPSA) is 112 Å². The Morgan fingerprint density at radius 2 is 1.79 bits per heavy atom. The van der Waals surface area contributed by atoms with Crippen LogP contribution in [0.2, 0.25) is 0 Å². The van der Waals surface area contributed by atoms with E-state index in [9.17, 15) is 14.4 Å². The molecule has 0 fully saturated rings. The van der Waals surface area contributed by atoms with Crippen molar-refractivity contribution in [3.63, 3.8) is 0 Å². The third-order valence-electron chi connectivity index (χ3n) is 4.27. The van der Waals surface area contributed by atoms with Crippen molar-refractivity contribution < 1.29 is 28.6 Å². The van der Waals surface area contributed by atoms with E-state index in [0.29, 0.717) is 17.7 Å². The molecule has 10 heteroatoms. The van der Waals surface area contributed by atoms with E-state index in [1.165, 1.54) is 4.90 Å². The molecule has 0 aliphatic carbocycles. The van der Waals surface area contributed by atoms with Crippen LogP contribution in [-0.2, 0) is 26.3 Å². The fraction of sp³-hybridized carbons (Fsp3) is 0.684. The van der Waals surface area contributed by atoms with Gasteiger partial charge < -0.3 is 14.2 Å². The van der Waals surface area contributed by atoms with Gasteiger partial charge in [0, 0.05) is 5.56 Å². The molecule has 2 amide bonds. The third kappa shape index (κ3) is 4.80. The highest BCUT2D eigenvalue weighted by Gasteiger charge is 2.48. The van der Waals surface area contributed by atoms with Crippen molar-refractivity contribution in [2.75, 3.05) is 18.5 Å². The van der Waals surface area contributed by atoms with E-state index in [4.69, 9.17) is 14.2 Å². The summed E-state index contributed by atoms with van der Waals surface area (Å²) in [4.78, 5) is 38.8. The number of anilines is 1. The monoisotopic (exact) mass is 410 g/mol. The zero-order valence-corrected chi connectivity index (χ0v) is 18.1. The van der Waals surface area contributed by atoms with Crippen LogP contribution >= 0.6 is 0 Å². The lowest BCUT2D eigenvalue weighted by molar-refractivity contribution is 0.00387. The zero-order chi connectivity index (χ0) is 22.0. The highest BCUT2D eigenvalue weighted by molar-refractivity contribution is 5.86. The lowest BCUT2D eigenvalue weighted by Crippen LogP contribution is -2.44. The zero-order valence-electron chi connectivity index (χ0n) is 18.1. The van der Waals surface area contributed by atoms with Crippen LogP contribution in [0.4, 0.5) is 20.2 Å². The second-order valence-corrected chi connectivity index (χ2v) is 8.17. The summed E-state index contributed by atoms with van der Waals surface area (Å²) in [6.45, 7) is 13.0. The average Bonchev–Trinajstić information content (AvgIpc) is 3.07. The first-order valence-electron chi connectivity index (χ1n) is 9.66. The van der Waals surface area contributed by atoms with Gasteiger partial charge in [-0.05, 0) is 48.0 Å². The van der Waals surface area contributed by atoms with Gasteiger partial charge in [0.2, 0.25) is 0 Å². The van der Waals surface area contributed by atoms with Gasteiger partial charge in [0.05, 0.1) is 31.0 Å². The summed E-state index contributed by atoms with van der Waals surface area (Å²) in [6.07, 6.45) is -1.26. The first-order chi connectivity index (χ1) is 13.4. The lowest BCUT2D eigenvalue weighted by Gasteiger charge is -2.34. The Bertz CT molecular complexity index is 793. The highest BCUT2D eigenvalue weighted by atomic mass is 16.6. The van der Waals surface area contributed by atoms with Crippen molar-refractivity contribution in [2.45, 2.75) is 72.6 Å². The minimum absolute atomic E-state index is 0.111. The first-order valence-corrected chi connectivity index (χ1v) is 9.66. The molecule has 2 heterocycles. The van der Waals surface area contributed by atoms with Gasteiger partial charge in [-0.3, -0.25) is 10.2 Å². The van der Waals surface area contributed by atoms with E-state index < -0.39 is 29.4 Å². The Hall–Kier alpha value is -2.78. The van der Waals surface area contributed by atoms with E-state index in [0.717, 1.165) is 4.68 Å². The van der Waals surface area contributed by atoms with Gasteiger partial charge in [-0.1, -0.05) is 6.92 Å². The minimum atomic E-state index is -0.926. The van der Waals surface area contributed by atoms with Crippen molar-refractivity contribution in [3.8, 4) is 0 Å². The third-order valence-corrected chi connectivity index (χ3v) is 4.27. The lowest BCUT2D eigenvalue weighted by atomic mass is 10.0. The summed E-state index contributed by atoms with van der Waals surface area (Å²) in [5.74, 6) is 0.144. The number of nitrogens with one attached hydrogen (secondary N) is 1. The van der Waals surface area contributed by atoms with Crippen LogP contribution in [0.5, 0.6) is 0 Å². The number of carbonyl (C=O) groups excluding carboxylic acids is 3. The molecule has 10 nitrogen and oxygen atoms in total. The Balaban J connectivity index is 2.46.